The van der Waals surface area contributed by atoms with Gasteiger partial charge in [0.15, 0.2) is 0 Å². The van der Waals surface area contributed by atoms with Crippen LogP contribution in [0.15, 0.2) is 24.3 Å². The zero-order chi connectivity index (χ0) is 17.5. The summed E-state index contributed by atoms with van der Waals surface area (Å²) in [5.74, 6) is -1.81. The summed E-state index contributed by atoms with van der Waals surface area (Å²) in [7, 11) is 1.58. The molecule has 6 nitrogen and oxygen atoms in total. The van der Waals surface area contributed by atoms with Crippen LogP contribution in [0.2, 0.25) is 0 Å². The van der Waals surface area contributed by atoms with Gasteiger partial charge in [-0.15, -0.1) is 0 Å². The number of carbonyl (C=O) groups excluding carboxylic acids is 1. The zero-order valence-electron chi connectivity index (χ0n) is 14.0. The van der Waals surface area contributed by atoms with Crippen LogP contribution in [0, 0.1) is 5.92 Å². The predicted molar refractivity (Wildman–Crippen MR) is 84.2 cm³/mol. The van der Waals surface area contributed by atoms with Gasteiger partial charge in [0.2, 0.25) is 0 Å². The van der Waals surface area contributed by atoms with Crippen LogP contribution in [0.1, 0.15) is 32.8 Å². The summed E-state index contributed by atoms with van der Waals surface area (Å²) in [5, 5.41) is 9.18. The molecule has 0 unspecified atom stereocenters. The Morgan fingerprint density at radius 1 is 1.17 bits per heavy atom. The molecule has 0 aliphatic heterocycles. The smallest absolute Gasteiger partial charge is 0.309 e. The lowest BCUT2D eigenvalue weighted by molar-refractivity contribution is -0.161. The van der Waals surface area contributed by atoms with E-state index in [1.54, 1.807) is 40.0 Å². The second-order valence-corrected chi connectivity index (χ2v) is 6.19. The molecule has 0 saturated heterocycles. The number of carbonyl (C=O) groups is 2. The Kier molecular flexibility index (Phi) is 7.03. The number of rotatable bonds is 8. The minimum atomic E-state index is -1.08. The van der Waals surface area contributed by atoms with Crippen molar-refractivity contribution in [2.45, 2.75) is 39.4 Å². The predicted octanol–water partition coefficient (Wildman–Crippen LogP) is 2.64. The van der Waals surface area contributed by atoms with Gasteiger partial charge >= 0.3 is 11.9 Å². The number of ether oxygens (including phenoxy) is 3. The fraction of sp³-hybridized carbons (Fsp3) is 0.529. The summed E-state index contributed by atoms with van der Waals surface area (Å²) in [6, 6.07) is 7.27. The highest BCUT2D eigenvalue weighted by Crippen LogP contribution is 2.15. The molecule has 0 heterocycles. The van der Waals surface area contributed by atoms with Crippen molar-refractivity contribution >= 4 is 11.9 Å². The molecule has 0 aliphatic rings. The highest BCUT2D eigenvalue weighted by atomic mass is 16.6. The van der Waals surface area contributed by atoms with Crippen molar-refractivity contribution in [3.05, 3.63) is 29.8 Å². The van der Waals surface area contributed by atoms with Crippen LogP contribution < -0.4 is 4.74 Å². The van der Waals surface area contributed by atoms with E-state index in [2.05, 4.69) is 0 Å². The van der Waals surface area contributed by atoms with Crippen LogP contribution in [-0.2, 0) is 25.7 Å². The summed E-state index contributed by atoms with van der Waals surface area (Å²) >= 11 is 0. The number of carboxylic acid groups (broad SMARTS) is 1. The molecule has 1 aromatic carbocycles. The SMILES string of the molecule is COc1ccc(COC[C@@H](CC(=O)OC(C)(C)C)C(=O)O)cc1. The fourth-order valence-corrected chi connectivity index (χ4v) is 1.84. The van der Waals surface area contributed by atoms with E-state index in [9.17, 15) is 14.7 Å². The second-order valence-electron chi connectivity index (χ2n) is 6.19. The first-order valence-electron chi connectivity index (χ1n) is 7.36. The molecule has 0 fully saturated rings. The molecule has 0 bridgehead atoms. The van der Waals surface area contributed by atoms with Crippen molar-refractivity contribution in [1.29, 1.82) is 0 Å². The topological polar surface area (TPSA) is 82.1 Å². The maximum absolute atomic E-state index is 11.7. The summed E-state index contributed by atoms with van der Waals surface area (Å²) in [6.45, 7) is 5.42. The number of aliphatic carboxylic acids is 1. The van der Waals surface area contributed by atoms with Crippen molar-refractivity contribution in [2.75, 3.05) is 13.7 Å². The Bertz CT molecular complexity index is 515. The monoisotopic (exact) mass is 324 g/mol. The van der Waals surface area contributed by atoms with Gasteiger partial charge in [-0.3, -0.25) is 9.59 Å². The minimum Gasteiger partial charge on any atom is -0.497 e. The van der Waals surface area contributed by atoms with Crippen LogP contribution >= 0.6 is 0 Å². The highest BCUT2D eigenvalue weighted by molar-refractivity contribution is 5.79. The third-order valence-electron chi connectivity index (χ3n) is 2.93. The van der Waals surface area contributed by atoms with Gasteiger partial charge < -0.3 is 19.3 Å². The largest absolute Gasteiger partial charge is 0.497 e. The van der Waals surface area contributed by atoms with Gasteiger partial charge in [0, 0.05) is 0 Å². The number of methoxy groups -OCH3 is 1. The fourth-order valence-electron chi connectivity index (χ4n) is 1.84. The molecule has 128 valence electrons. The molecule has 0 aliphatic carbocycles. The van der Waals surface area contributed by atoms with Crippen molar-refractivity contribution in [2.24, 2.45) is 5.92 Å². The Morgan fingerprint density at radius 3 is 2.26 bits per heavy atom. The van der Waals surface area contributed by atoms with Crippen LogP contribution in [0.25, 0.3) is 0 Å². The van der Waals surface area contributed by atoms with E-state index < -0.39 is 23.5 Å². The Labute approximate surface area is 136 Å². The molecule has 23 heavy (non-hydrogen) atoms. The quantitative estimate of drug-likeness (QED) is 0.740. The first kappa shape index (κ1) is 19.0. The van der Waals surface area contributed by atoms with Crippen molar-refractivity contribution in [3.63, 3.8) is 0 Å². The van der Waals surface area contributed by atoms with E-state index in [1.807, 2.05) is 12.1 Å². The van der Waals surface area contributed by atoms with E-state index in [4.69, 9.17) is 14.2 Å². The van der Waals surface area contributed by atoms with E-state index in [0.717, 1.165) is 11.3 Å². The Morgan fingerprint density at radius 2 is 1.78 bits per heavy atom. The normalized spacial score (nSPS) is 12.5. The van der Waals surface area contributed by atoms with Crippen LogP contribution in [-0.4, -0.2) is 36.4 Å². The van der Waals surface area contributed by atoms with Gasteiger partial charge in [0.25, 0.3) is 0 Å². The van der Waals surface area contributed by atoms with Gasteiger partial charge in [0.05, 0.1) is 32.7 Å². The zero-order valence-corrected chi connectivity index (χ0v) is 14.0. The number of esters is 1. The van der Waals surface area contributed by atoms with Crippen LogP contribution in [0.3, 0.4) is 0 Å². The van der Waals surface area contributed by atoms with Crippen molar-refractivity contribution in [1.82, 2.24) is 0 Å². The number of hydrogen-bond acceptors (Lipinski definition) is 5. The molecule has 0 radical (unpaired) electrons. The molecule has 1 N–H and O–H groups in total. The number of hydrogen-bond donors (Lipinski definition) is 1. The van der Waals surface area contributed by atoms with Gasteiger partial charge in [-0.1, -0.05) is 12.1 Å². The van der Waals surface area contributed by atoms with Crippen LogP contribution in [0.4, 0.5) is 0 Å². The third-order valence-corrected chi connectivity index (χ3v) is 2.93. The molecule has 0 spiro atoms. The van der Waals surface area contributed by atoms with Crippen molar-refractivity contribution in [3.8, 4) is 5.75 Å². The average Bonchev–Trinajstić information content (AvgIpc) is 2.44. The lowest BCUT2D eigenvalue weighted by Gasteiger charge is -2.21. The van der Waals surface area contributed by atoms with E-state index in [0.29, 0.717) is 0 Å². The molecule has 6 heteroatoms. The molecule has 0 aromatic heterocycles. The molecule has 1 rings (SSSR count). The van der Waals surface area contributed by atoms with Gasteiger partial charge in [0.1, 0.15) is 11.4 Å². The van der Waals surface area contributed by atoms with Crippen LogP contribution in [0.5, 0.6) is 5.75 Å². The van der Waals surface area contributed by atoms with E-state index in [1.165, 1.54) is 0 Å². The number of carboxylic acids is 1. The first-order chi connectivity index (χ1) is 10.7. The van der Waals surface area contributed by atoms with Gasteiger partial charge in [-0.2, -0.15) is 0 Å². The summed E-state index contributed by atoms with van der Waals surface area (Å²) in [4.78, 5) is 22.9. The summed E-state index contributed by atoms with van der Waals surface area (Å²) in [6.07, 6.45) is -0.213. The molecule has 1 aromatic rings. The summed E-state index contributed by atoms with van der Waals surface area (Å²) < 4.78 is 15.6. The standard InChI is InChI=1S/C17H24O6/c1-17(2,3)23-15(18)9-13(16(19)20)11-22-10-12-5-7-14(21-4)8-6-12/h5-8,13H,9-11H2,1-4H3,(H,19,20)/t13-/m1/s1. The average molecular weight is 324 g/mol. The van der Waals surface area contributed by atoms with E-state index in [-0.39, 0.29) is 19.6 Å². The van der Waals surface area contributed by atoms with Gasteiger partial charge in [-0.05, 0) is 38.5 Å². The molecule has 0 amide bonds. The maximum Gasteiger partial charge on any atom is 0.309 e. The molecular formula is C17H24O6. The number of benzene rings is 1. The molecule has 0 saturated carbocycles. The molecule has 1 atom stereocenters. The van der Waals surface area contributed by atoms with E-state index >= 15 is 0 Å². The lowest BCUT2D eigenvalue weighted by Crippen LogP contribution is -2.29. The molecular weight excluding hydrogens is 300 g/mol. The first-order valence-corrected chi connectivity index (χ1v) is 7.36. The Balaban J connectivity index is 2.46. The summed E-state index contributed by atoms with van der Waals surface area (Å²) in [5.41, 5.74) is 0.261. The Hall–Kier alpha value is -2.08. The minimum absolute atomic E-state index is 0.0550. The lowest BCUT2D eigenvalue weighted by atomic mass is 10.1. The van der Waals surface area contributed by atoms with Gasteiger partial charge in [-0.25, -0.2) is 0 Å². The maximum atomic E-state index is 11.7. The third kappa shape index (κ3) is 7.65. The van der Waals surface area contributed by atoms with Crippen molar-refractivity contribution < 1.29 is 28.9 Å². The highest BCUT2D eigenvalue weighted by Gasteiger charge is 2.25. The second kappa shape index (κ2) is 8.53.